The molecule has 0 aliphatic rings. The lowest BCUT2D eigenvalue weighted by atomic mass is 10.1. The predicted molar refractivity (Wildman–Crippen MR) is 90.4 cm³/mol. The smallest absolute Gasteiger partial charge is 0.416 e. The lowest BCUT2D eigenvalue weighted by Crippen LogP contribution is -2.36. The number of amides is 2. The summed E-state index contributed by atoms with van der Waals surface area (Å²) in [6.45, 7) is -0.123. The molecule has 3 N–H and O–H groups in total. The fourth-order valence-electron chi connectivity index (χ4n) is 2.06. The number of para-hydroxylation sites is 2. The first-order chi connectivity index (χ1) is 12.8. The van der Waals surface area contributed by atoms with Gasteiger partial charge in [-0.05, 0) is 36.4 Å². The first-order valence-electron chi connectivity index (χ1n) is 7.90. The highest BCUT2D eigenvalue weighted by molar-refractivity contribution is 5.94. The molecule has 2 aromatic rings. The molecule has 2 aromatic carbocycles. The van der Waals surface area contributed by atoms with Crippen molar-refractivity contribution in [1.82, 2.24) is 10.6 Å². The van der Waals surface area contributed by atoms with Crippen LogP contribution in [0.2, 0.25) is 0 Å². The molecule has 0 saturated heterocycles. The minimum Gasteiger partial charge on any atom is -0.504 e. The normalized spacial score (nSPS) is 10.9. The zero-order chi connectivity index (χ0) is 19.9. The van der Waals surface area contributed by atoms with Crippen LogP contribution in [0.4, 0.5) is 13.2 Å². The van der Waals surface area contributed by atoms with E-state index in [0.717, 1.165) is 24.3 Å². The molecule has 0 spiro atoms. The number of ether oxygens (including phenoxy) is 1. The number of carbonyl (C=O) groups excluding carboxylic acids is 2. The van der Waals surface area contributed by atoms with E-state index in [4.69, 9.17) is 4.74 Å². The number of halogens is 3. The minimum atomic E-state index is -4.46. The average Bonchev–Trinajstić information content (AvgIpc) is 2.64. The summed E-state index contributed by atoms with van der Waals surface area (Å²) in [5.41, 5.74) is -0.757. The number of phenolic OH excluding ortho intramolecular Hbond substituents is 1. The van der Waals surface area contributed by atoms with Gasteiger partial charge in [0.05, 0.1) is 5.56 Å². The second-order valence-electron chi connectivity index (χ2n) is 5.44. The molecule has 0 aliphatic carbocycles. The van der Waals surface area contributed by atoms with E-state index in [1.54, 1.807) is 12.1 Å². The summed E-state index contributed by atoms with van der Waals surface area (Å²) in [5.74, 6) is -0.928. The molecule has 0 bridgehead atoms. The van der Waals surface area contributed by atoms with Gasteiger partial charge in [0.1, 0.15) is 0 Å². The molecule has 0 saturated carbocycles. The number of benzene rings is 2. The maximum atomic E-state index is 12.5. The molecule has 144 valence electrons. The van der Waals surface area contributed by atoms with E-state index in [0.29, 0.717) is 0 Å². The summed E-state index contributed by atoms with van der Waals surface area (Å²) in [6, 6.07) is 10.00. The van der Waals surface area contributed by atoms with Crippen molar-refractivity contribution in [2.24, 2.45) is 0 Å². The lowest BCUT2D eigenvalue weighted by molar-refractivity contribution is -0.137. The molecule has 6 nitrogen and oxygen atoms in total. The van der Waals surface area contributed by atoms with Crippen LogP contribution < -0.4 is 15.4 Å². The zero-order valence-corrected chi connectivity index (χ0v) is 14.0. The van der Waals surface area contributed by atoms with Crippen LogP contribution in [0.3, 0.4) is 0 Å². The highest BCUT2D eigenvalue weighted by Crippen LogP contribution is 2.29. The van der Waals surface area contributed by atoms with Crippen molar-refractivity contribution in [3.05, 3.63) is 59.7 Å². The molecule has 27 heavy (non-hydrogen) atoms. The van der Waals surface area contributed by atoms with Gasteiger partial charge in [-0.1, -0.05) is 12.1 Å². The van der Waals surface area contributed by atoms with Crippen molar-refractivity contribution in [3.63, 3.8) is 0 Å². The third-order valence-electron chi connectivity index (χ3n) is 3.43. The van der Waals surface area contributed by atoms with Gasteiger partial charge in [-0.2, -0.15) is 13.2 Å². The molecule has 9 heteroatoms. The third-order valence-corrected chi connectivity index (χ3v) is 3.43. The van der Waals surface area contributed by atoms with Gasteiger partial charge < -0.3 is 20.5 Å². The number of hydrogen-bond acceptors (Lipinski definition) is 4. The number of hydrogen-bond donors (Lipinski definition) is 3. The van der Waals surface area contributed by atoms with Crippen molar-refractivity contribution in [2.45, 2.75) is 6.18 Å². The first-order valence-corrected chi connectivity index (χ1v) is 7.90. The van der Waals surface area contributed by atoms with Crippen molar-refractivity contribution in [1.29, 1.82) is 0 Å². The number of nitrogens with one attached hydrogen (secondary N) is 2. The van der Waals surface area contributed by atoms with Crippen LogP contribution in [0.1, 0.15) is 15.9 Å². The number of phenols is 1. The van der Waals surface area contributed by atoms with E-state index in [9.17, 15) is 27.9 Å². The maximum absolute atomic E-state index is 12.5. The van der Waals surface area contributed by atoms with E-state index in [1.807, 2.05) is 0 Å². The largest absolute Gasteiger partial charge is 0.504 e. The van der Waals surface area contributed by atoms with Gasteiger partial charge in [0.2, 0.25) is 0 Å². The van der Waals surface area contributed by atoms with Gasteiger partial charge >= 0.3 is 6.18 Å². The number of alkyl halides is 3. The Bertz CT molecular complexity index is 792. The molecule has 0 atom stereocenters. The summed E-state index contributed by atoms with van der Waals surface area (Å²) in [5, 5.41) is 14.5. The second kappa shape index (κ2) is 8.93. The summed E-state index contributed by atoms with van der Waals surface area (Å²) >= 11 is 0. The fraction of sp³-hybridized carbons (Fsp3) is 0.222. The molecule has 0 radical (unpaired) electrons. The maximum Gasteiger partial charge on any atom is 0.416 e. The standard InChI is InChI=1S/C18H17F3N2O4/c19-18(20,21)13-7-5-12(6-8-13)17(26)23-10-9-22-16(25)11-27-15-4-2-1-3-14(15)24/h1-8,24H,9-11H2,(H,22,25)(H,23,26). The quantitative estimate of drug-likeness (QED) is 0.642. The van der Waals surface area contributed by atoms with Crippen molar-refractivity contribution >= 4 is 11.8 Å². The highest BCUT2D eigenvalue weighted by Gasteiger charge is 2.30. The van der Waals surface area contributed by atoms with Gasteiger partial charge in [-0.25, -0.2) is 0 Å². The van der Waals surface area contributed by atoms with Gasteiger partial charge in [0.25, 0.3) is 11.8 Å². The molecule has 0 fully saturated rings. The second-order valence-corrected chi connectivity index (χ2v) is 5.44. The van der Waals surface area contributed by atoms with Crippen LogP contribution in [-0.2, 0) is 11.0 Å². The molecule has 0 heterocycles. The van der Waals surface area contributed by atoms with Crippen molar-refractivity contribution in [2.75, 3.05) is 19.7 Å². The van der Waals surface area contributed by atoms with Gasteiger partial charge in [-0.3, -0.25) is 9.59 Å². The van der Waals surface area contributed by atoms with Crippen LogP contribution >= 0.6 is 0 Å². The Balaban J connectivity index is 1.69. The summed E-state index contributed by atoms with van der Waals surface area (Å²) in [6.07, 6.45) is -4.46. The SMILES string of the molecule is O=C(COc1ccccc1O)NCCNC(=O)c1ccc(C(F)(F)F)cc1. The van der Waals surface area contributed by atoms with Crippen LogP contribution in [0, 0.1) is 0 Å². The molecule has 0 aliphatic heterocycles. The van der Waals surface area contributed by atoms with Crippen molar-refractivity contribution < 1.29 is 32.6 Å². The van der Waals surface area contributed by atoms with Gasteiger partial charge in [-0.15, -0.1) is 0 Å². The Morgan fingerprint density at radius 2 is 1.59 bits per heavy atom. The Morgan fingerprint density at radius 3 is 2.22 bits per heavy atom. The monoisotopic (exact) mass is 382 g/mol. The number of carbonyl (C=O) groups is 2. The molecule has 2 amide bonds. The van der Waals surface area contributed by atoms with E-state index in [-0.39, 0.29) is 36.8 Å². The Labute approximate surface area is 153 Å². The summed E-state index contributed by atoms with van der Waals surface area (Å²) in [7, 11) is 0. The van der Waals surface area contributed by atoms with Gasteiger partial charge in [0.15, 0.2) is 18.1 Å². The van der Waals surface area contributed by atoms with Gasteiger partial charge in [0, 0.05) is 18.7 Å². The van der Waals surface area contributed by atoms with Crippen LogP contribution in [0.15, 0.2) is 48.5 Å². The Kier molecular flexibility index (Phi) is 6.64. The number of aromatic hydroxyl groups is 1. The third kappa shape index (κ3) is 6.21. The first kappa shape index (κ1) is 20.1. The van der Waals surface area contributed by atoms with Crippen LogP contribution in [0.25, 0.3) is 0 Å². The molecular weight excluding hydrogens is 365 g/mol. The molecule has 0 unspecified atom stereocenters. The van der Waals surface area contributed by atoms with E-state index in [1.165, 1.54) is 12.1 Å². The minimum absolute atomic E-state index is 0.0808. The summed E-state index contributed by atoms with van der Waals surface area (Å²) in [4.78, 5) is 23.5. The predicted octanol–water partition coefficient (Wildman–Crippen LogP) is 2.34. The molecule has 2 rings (SSSR count). The highest BCUT2D eigenvalue weighted by atomic mass is 19.4. The van der Waals surface area contributed by atoms with E-state index >= 15 is 0 Å². The van der Waals surface area contributed by atoms with E-state index < -0.39 is 23.6 Å². The Hall–Kier alpha value is -3.23. The summed E-state index contributed by atoms with van der Waals surface area (Å²) < 4.78 is 42.6. The Morgan fingerprint density at radius 1 is 0.963 bits per heavy atom. The van der Waals surface area contributed by atoms with Crippen LogP contribution in [0.5, 0.6) is 11.5 Å². The molecule has 0 aromatic heterocycles. The van der Waals surface area contributed by atoms with Crippen molar-refractivity contribution in [3.8, 4) is 11.5 Å². The number of rotatable bonds is 7. The lowest BCUT2D eigenvalue weighted by Gasteiger charge is -2.10. The zero-order valence-electron chi connectivity index (χ0n) is 14.0. The fourth-order valence-corrected chi connectivity index (χ4v) is 2.06. The van der Waals surface area contributed by atoms with E-state index in [2.05, 4.69) is 10.6 Å². The average molecular weight is 382 g/mol. The molecular formula is C18H17F3N2O4. The topological polar surface area (TPSA) is 87.7 Å². The van der Waals surface area contributed by atoms with Crippen LogP contribution in [-0.4, -0.2) is 36.6 Å².